The second-order valence-electron chi connectivity index (χ2n) is 21.1. The lowest BCUT2D eigenvalue weighted by atomic mass is 9.46. The Kier molecular flexibility index (Phi) is 17.5. The third-order valence-corrected chi connectivity index (χ3v) is 17.0. The molecule has 4 fully saturated rings. The number of aromatic nitrogens is 1. The molecule has 21 nitrogen and oxygen atoms in total. The summed E-state index contributed by atoms with van der Waals surface area (Å²) in [5, 5.41) is 46.7. The van der Waals surface area contributed by atoms with Gasteiger partial charge in [-0.15, -0.1) is 11.3 Å². The lowest BCUT2D eigenvalue weighted by Gasteiger charge is -2.59. The number of nitrogens with two attached hydrogens (primary N) is 1. The van der Waals surface area contributed by atoms with Crippen LogP contribution < -0.4 is 32.3 Å². The van der Waals surface area contributed by atoms with Crippen LogP contribution in [0.15, 0.2) is 77.7 Å². The maximum atomic E-state index is 14.0. The van der Waals surface area contributed by atoms with Gasteiger partial charge in [0.2, 0.25) is 23.6 Å². The fourth-order valence-electron chi connectivity index (χ4n) is 12.5. The van der Waals surface area contributed by atoms with E-state index in [1.54, 1.807) is 41.8 Å². The lowest BCUT2D eigenvalue weighted by Crippen LogP contribution is -2.63. The number of carboxylic acid groups (broad SMARTS) is 1. The molecule has 412 valence electrons. The van der Waals surface area contributed by atoms with Crippen LogP contribution in [0.4, 0.5) is 16.3 Å². The molecular formula is C55H67N7O14S. The van der Waals surface area contributed by atoms with Gasteiger partial charge in [0, 0.05) is 53.1 Å². The minimum absolute atomic E-state index is 0.0249. The van der Waals surface area contributed by atoms with Gasteiger partial charge in [0.15, 0.2) is 23.5 Å². The molecule has 5 amide bonds. The standard InChI is InChI=1S/C55H67N7O14S/c1-30(64)58-39(6-4-5-21-56)49(71)57-26-45(68)60-40(17-18-47(69)70)50(72)59-35-14-9-32(10-15-35)28-74-52(73)62-44-29-77-46(61-44)22-31-7-11-33(12-8-31)51-75-43-24-38-37-16-13-34-23-36(65)19-20-53(34,2)48(37)41(66)25-54(38,3)55(43,76-51)42(67)27-63/h7-12,14-15,19-20,23,29,37-41,43,48,51,63,66H,4-6,13,16-18,21-22,24-28,56H2,1-3H3,(H,57,71)(H,58,64)(H,59,72)(H,60,68)(H,62,73)(H,69,70)/t37-,38-,39-,40-,41-,43+,48+,51-,53-,54-,55+/m0/s1. The summed E-state index contributed by atoms with van der Waals surface area (Å²) < 4.78 is 18.8. The monoisotopic (exact) mass is 1080 g/mol. The fraction of sp³-hybridized carbons (Fsp3) is 0.509. The van der Waals surface area contributed by atoms with Crippen molar-refractivity contribution in [2.24, 2.45) is 34.3 Å². The van der Waals surface area contributed by atoms with Gasteiger partial charge in [-0.25, -0.2) is 9.78 Å². The zero-order valence-electron chi connectivity index (χ0n) is 43.2. The minimum atomic E-state index is -1.47. The zero-order valence-corrected chi connectivity index (χ0v) is 44.0. The second-order valence-corrected chi connectivity index (χ2v) is 22.0. The van der Waals surface area contributed by atoms with Gasteiger partial charge in [-0.05, 0) is 105 Å². The van der Waals surface area contributed by atoms with E-state index in [1.165, 1.54) is 18.3 Å². The second kappa shape index (κ2) is 23.9. The maximum absolute atomic E-state index is 14.0. The number of hydrogen-bond acceptors (Lipinski definition) is 16. The summed E-state index contributed by atoms with van der Waals surface area (Å²) in [6.07, 6.45) is 5.76. The van der Waals surface area contributed by atoms with Crippen molar-refractivity contribution in [1.82, 2.24) is 20.9 Å². The van der Waals surface area contributed by atoms with E-state index >= 15 is 0 Å². The Balaban J connectivity index is 0.802. The number of carbonyl (C=O) groups is 8. The Morgan fingerprint density at radius 3 is 2.38 bits per heavy atom. The summed E-state index contributed by atoms with van der Waals surface area (Å²) >= 11 is 1.34. The quantitative estimate of drug-likeness (QED) is 0.0639. The number of Topliss-reactive ketones (excluding diaryl/α,β-unsaturated/α-hetero) is 1. The van der Waals surface area contributed by atoms with Crippen LogP contribution >= 0.6 is 11.3 Å². The molecule has 77 heavy (non-hydrogen) atoms. The van der Waals surface area contributed by atoms with E-state index in [2.05, 4.69) is 38.5 Å². The number of anilines is 2. The van der Waals surface area contributed by atoms with E-state index < -0.39 is 108 Å². The van der Waals surface area contributed by atoms with Crippen molar-refractivity contribution in [3.63, 3.8) is 0 Å². The van der Waals surface area contributed by atoms with E-state index in [9.17, 15) is 53.7 Å². The molecular weight excluding hydrogens is 1010 g/mol. The highest BCUT2D eigenvalue weighted by atomic mass is 32.1. The molecule has 3 saturated carbocycles. The van der Waals surface area contributed by atoms with E-state index in [4.69, 9.17) is 19.9 Å². The summed E-state index contributed by atoms with van der Waals surface area (Å²) in [7, 11) is 0. The predicted octanol–water partition coefficient (Wildman–Crippen LogP) is 4.12. The third-order valence-electron chi connectivity index (χ3n) is 16.1. The number of hydrogen-bond donors (Lipinski definition) is 9. The van der Waals surface area contributed by atoms with Gasteiger partial charge in [0.05, 0.1) is 23.8 Å². The van der Waals surface area contributed by atoms with Gasteiger partial charge in [-0.3, -0.25) is 38.9 Å². The molecule has 22 heteroatoms. The minimum Gasteiger partial charge on any atom is -0.481 e. The average Bonchev–Trinajstić information content (AvgIpc) is 4.31. The van der Waals surface area contributed by atoms with Crippen molar-refractivity contribution in [2.45, 2.75) is 128 Å². The number of thiazole rings is 1. The van der Waals surface area contributed by atoms with Gasteiger partial charge in [0.25, 0.3) is 0 Å². The molecule has 11 atom stereocenters. The Bertz CT molecular complexity index is 2800. The Labute approximate surface area is 449 Å². The Morgan fingerprint density at radius 1 is 0.948 bits per heavy atom. The molecule has 1 saturated heterocycles. The fourth-order valence-corrected chi connectivity index (χ4v) is 13.3. The number of aliphatic carboxylic acids is 1. The van der Waals surface area contributed by atoms with Gasteiger partial charge in [-0.2, -0.15) is 0 Å². The normalized spacial score (nSPS) is 27.6. The van der Waals surface area contributed by atoms with Crippen molar-refractivity contribution < 1.29 is 67.9 Å². The molecule has 0 bridgehead atoms. The van der Waals surface area contributed by atoms with Crippen molar-refractivity contribution in [3.05, 3.63) is 99.4 Å². The highest BCUT2D eigenvalue weighted by molar-refractivity contribution is 7.10. The van der Waals surface area contributed by atoms with Gasteiger partial charge >= 0.3 is 12.1 Å². The largest absolute Gasteiger partial charge is 0.481 e. The average molecular weight is 1080 g/mol. The van der Waals surface area contributed by atoms with Crippen molar-refractivity contribution in [3.8, 4) is 0 Å². The number of rotatable bonds is 22. The predicted molar refractivity (Wildman–Crippen MR) is 279 cm³/mol. The van der Waals surface area contributed by atoms with Crippen LogP contribution in [0, 0.1) is 28.6 Å². The first-order valence-electron chi connectivity index (χ1n) is 26.0. The van der Waals surface area contributed by atoms with E-state index in [0.29, 0.717) is 60.5 Å². The number of amides is 5. The number of fused-ring (bicyclic) bond motifs is 7. The first kappa shape index (κ1) is 56.5. The van der Waals surface area contributed by atoms with Crippen LogP contribution in [0.1, 0.15) is 107 Å². The number of nitrogens with zero attached hydrogens (tertiary/aromatic N) is 1. The molecule has 8 rings (SSSR count). The summed E-state index contributed by atoms with van der Waals surface area (Å²) in [6, 6.07) is 11.7. The zero-order chi connectivity index (χ0) is 55.2. The number of nitrogens with one attached hydrogen (secondary N) is 5. The van der Waals surface area contributed by atoms with Crippen molar-refractivity contribution in [1.29, 1.82) is 0 Å². The van der Waals surface area contributed by atoms with Crippen molar-refractivity contribution in [2.75, 3.05) is 30.3 Å². The number of aliphatic hydroxyl groups is 2. The number of benzene rings is 2. The number of allylic oxidation sites excluding steroid dienone is 4. The molecule has 0 spiro atoms. The van der Waals surface area contributed by atoms with Crippen LogP contribution in [0.2, 0.25) is 0 Å². The van der Waals surface area contributed by atoms with Crippen LogP contribution in [-0.2, 0) is 60.8 Å². The number of carbonyl (C=O) groups excluding carboxylic acids is 7. The first-order chi connectivity index (χ1) is 36.8. The summed E-state index contributed by atoms with van der Waals surface area (Å²) in [6.45, 7) is 4.39. The SMILES string of the molecule is CC(=O)N[C@@H](CCCCN)C(=O)NCC(=O)N[C@@H](CCC(=O)O)C(=O)Nc1ccc(COC(=O)Nc2csc(Cc3ccc([C@H]4O[C@@H]5C[C@H]6[C@@H]7CCC8=CC(=O)C=C[C@]8(C)[C@H]7[C@@H](O)C[C@]6(C)[C@]5(C(=O)CO)O4)cc3)n2)cc1. The molecule has 10 N–H and O–H groups in total. The summed E-state index contributed by atoms with van der Waals surface area (Å²) in [5.41, 5.74) is 6.29. The van der Waals surface area contributed by atoms with Gasteiger partial charge in [-0.1, -0.05) is 61.9 Å². The molecule has 1 aromatic heterocycles. The third kappa shape index (κ3) is 12.2. The van der Waals surface area contributed by atoms with Crippen LogP contribution in [-0.4, -0.2) is 117 Å². The number of aliphatic hydroxyl groups excluding tert-OH is 2. The molecule has 5 aliphatic rings. The lowest BCUT2D eigenvalue weighted by molar-refractivity contribution is -0.201. The smallest absolute Gasteiger partial charge is 0.413 e. The molecule has 1 aliphatic heterocycles. The summed E-state index contributed by atoms with van der Waals surface area (Å²) in [5.74, 6) is -4.00. The molecule has 4 aliphatic carbocycles. The molecule has 3 aromatic rings. The number of ketones is 2. The van der Waals surface area contributed by atoms with Crippen LogP contribution in [0.5, 0.6) is 0 Å². The maximum Gasteiger partial charge on any atom is 0.413 e. The van der Waals surface area contributed by atoms with Crippen LogP contribution in [0.3, 0.4) is 0 Å². The van der Waals surface area contributed by atoms with Gasteiger partial charge in [0.1, 0.15) is 31.1 Å². The van der Waals surface area contributed by atoms with Crippen molar-refractivity contribution >= 4 is 70.1 Å². The molecule has 0 radical (unpaired) electrons. The highest BCUT2D eigenvalue weighted by Gasteiger charge is 2.76. The molecule has 0 unspecified atom stereocenters. The van der Waals surface area contributed by atoms with E-state index in [-0.39, 0.29) is 48.8 Å². The molecule has 2 aromatic carbocycles. The Morgan fingerprint density at radius 2 is 1.68 bits per heavy atom. The topological polar surface area (TPSA) is 324 Å². The number of ether oxygens (including phenoxy) is 3. The van der Waals surface area contributed by atoms with Gasteiger partial charge < -0.3 is 56.5 Å². The van der Waals surface area contributed by atoms with E-state index in [1.807, 2.05) is 37.3 Å². The van der Waals surface area contributed by atoms with E-state index in [0.717, 1.165) is 24.0 Å². The van der Waals surface area contributed by atoms with Crippen LogP contribution in [0.25, 0.3) is 0 Å². The number of carboxylic acids is 1. The number of unbranched alkanes of at least 4 members (excludes halogenated alkanes) is 1. The molecule has 2 heterocycles. The first-order valence-corrected chi connectivity index (χ1v) is 26.9. The highest BCUT2D eigenvalue weighted by Crippen LogP contribution is 2.70. The summed E-state index contributed by atoms with van der Waals surface area (Å²) in [4.78, 5) is 105. The Hall–Kier alpha value is -6.69.